The van der Waals surface area contributed by atoms with Crippen LogP contribution in [-0.4, -0.2) is 29.3 Å². The van der Waals surface area contributed by atoms with Crippen LogP contribution in [0, 0.1) is 0 Å². The SMILES string of the molecule is OC1CCN(c2ccnc(Br)c2Br)CC1. The number of aliphatic hydroxyl groups is 1. The number of rotatable bonds is 1. The third-order valence-corrected chi connectivity index (χ3v) is 4.55. The molecule has 0 bridgehead atoms. The maximum absolute atomic E-state index is 9.44. The molecule has 1 N–H and O–H groups in total. The Morgan fingerprint density at radius 3 is 2.67 bits per heavy atom. The lowest BCUT2D eigenvalue weighted by Crippen LogP contribution is -2.36. The van der Waals surface area contributed by atoms with Gasteiger partial charge in [0.05, 0.1) is 16.3 Å². The van der Waals surface area contributed by atoms with Crippen molar-refractivity contribution in [3.63, 3.8) is 0 Å². The Labute approximate surface area is 106 Å². The van der Waals surface area contributed by atoms with E-state index in [1.807, 2.05) is 6.07 Å². The summed E-state index contributed by atoms with van der Waals surface area (Å²) in [6.07, 6.45) is 3.33. The zero-order valence-electron chi connectivity index (χ0n) is 8.16. The number of hydrogen-bond acceptors (Lipinski definition) is 3. The number of aliphatic hydroxyl groups excluding tert-OH is 1. The number of aromatic nitrogens is 1. The molecule has 1 aromatic heterocycles. The van der Waals surface area contributed by atoms with Crippen molar-refractivity contribution >= 4 is 37.5 Å². The van der Waals surface area contributed by atoms with Gasteiger partial charge in [0.25, 0.3) is 0 Å². The van der Waals surface area contributed by atoms with E-state index in [0.29, 0.717) is 0 Å². The summed E-state index contributed by atoms with van der Waals surface area (Å²) in [6.45, 7) is 1.80. The number of piperidine rings is 1. The topological polar surface area (TPSA) is 36.4 Å². The lowest BCUT2D eigenvalue weighted by Gasteiger charge is -2.32. The van der Waals surface area contributed by atoms with E-state index in [4.69, 9.17) is 0 Å². The van der Waals surface area contributed by atoms with Crippen molar-refractivity contribution in [1.82, 2.24) is 4.98 Å². The van der Waals surface area contributed by atoms with Crippen molar-refractivity contribution in [2.24, 2.45) is 0 Å². The van der Waals surface area contributed by atoms with Crippen LogP contribution in [0.1, 0.15) is 12.8 Å². The third kappa shape index (κ3) is 2.52. The first-order valence-electron chi connectivity index (χ1n) is 4.91. The molecule has 0 atom stereocenters. The fraction of sp³-hybridized carbons (Fsp3) is 0.500. The van der Waals surface area contributed by atoms with Gasteiger partial charge in [0.1, 0.15) is 4.60 Å². The highest BCUT2D eigenvalue weighted by atomic mass is 79.9. The van der Waals surface area contributed by atoms with Crippen LogP contribution in [0.3, 0.4) is 0 Å². The maximum Gasteiger partial charge on any atom is 0.122 e. The Morgan fingerprint density at radius 2 is 2.00 bits per heavy atom. The zero-order valence-corrected chi connectivity index (χ0v) is 11.3. The monoisotopic (exact) mass is 334 g/mol. The average molecular weight is 336 g/mol. The maximum atomic E-state index is 9.44. The number of anilines is 1. The molecule has 0 unspecified atom stereocenters. The minimum absolute atomic E-state index is 0.134. The van der Waals surface area contributed by atoms with Crippen LogP contribution in [0.15, 0.2) is 21.3 Å². The van der Waals surface area contributed by atoms with Crippen molar-refractivity contribution in [2.75, 3.05) is 18.0 Å². The van der Waals surface area contributed by atoms with Gasteiger partial charge in [-0.15, -0.1) is 0 Å². The van der Waals surface area contributed by atoms with Gasteiger partial charge in [-0.3, -0.25) is 0 Å². The summed E-state index contributed by atoms with van der Waals surface area (Å²) in [4.78, 5) is 6.41. The van der Waals surface area contributed by atoms with Gasteiger partial charge in [0, 0.05) is 19.3 Å². The summed E-state index contributed by atoms with van der Waals surface area (Å²) in [5, 5.41) is 9.44. The van der Waals surface area contributed by atoms with Gasteiger partial charge < -0.3 is 10.0 Å². The molecule has 1 aromatic rings. The van der Waals surface area contributed by atoms with Crippen LogP contribution in [-0.2, 0) is 0 Å². The fourth-order valence-corrected chi connectivity index (χ4v) is 2.57. The number of hydrogen-bond donors (Lipinski definition) is 1. The van der Waals surface area contributed by atoms with Crippen LogP contribution in [0.5, 0.6) is 0 Å². The molecule has 0 saturated carbocycles. The molecular formula is C10H12Br2N2O. The lowest BCUT2D eigenvalue weighted by molar-refractivity contribution is 0.145. The van der Waals surface area contributed by atoms with Gasteiger partial charge in [0.2, 0.25) is 0 Å². The zero-order chi connectivity index (χ0) is 10.8. The summed E-state index contributed by atoms with van der Waals surface area (Å²) in [5.41, 5.74) is 1.14. The Bertz CT molecular complexity index is 351. The third-order valence-electron chi connectivity index (χ3n) is 2.63. The molecule has 2 heterocycles. The first-order chi connectivity index (χ1) is 7.18. The van der Waals surface area contributed by atoms with Crippen LogP contribution in [0.4, 0.5) is 5.69 Å². The second-order valence-corrected chi connectivity index (χ2v) is 5.20. The molecule has 0 radical (unpaired) electrons. The summed E-state index contributed by atoms with van der Waals surface area (Å²) < 4.78 is 1.81. The predicted octanol–water partition coefficient (Wildman–Crippen LogP) is 2.57. The first-order valence-corrected chi connectivity index (χ1v) is 6.50. The standard InChI is InChI=1S/C10H12Br2N2O/c11-9-8(1-4-13-10(9)12)14-5-2-7(15)3-6-14/h1,4,7,15H,2-3,5-6H2. The molecule has 15 heavy (non-hydrogen) atoms. The van der Waals surface area contributed by atoms with Gasteiger partial charge >= 0.3 is 0 Å². The summed E-state index contributed by atoms with van der Waals surface area (Å²) >= 11 is 6.91. The van der Waals surface area contributed by atoms with Gasteiger partial charge in [-0.2, -0.15) is 0 Å². The summed E-state index contributed by atoms with van der Waals surface area (Å²) in [5.74, 6) is 0. The number of halogens is 2. The molecule has 0 aromatic carbocycles. The van der Waals surface area contributed by atoms with E-state index < -0.39 is 0 Å². The van der Waals surface area contributed by atoms with Crippen molar-refractivity contribution in [2.45, 2.75) is 18.9 Å². The minimum atomic E-state index is -0.134. The normalized spacial score (nSPS) is 18.2. The van der Waals surface area contributed by atoms with Crippen molar-refractivity contribution in [1.29, 1.82) is 0 Å². The molecule has 82 valence electrons. The number of nitrogens with zero attached hydrogens (tertiary/aromatic N) is 2. The molecule has 5 heteroatoms. The van der Waals surface area contributed by atoms with Crippen molar-refractivity contribution < 1.29 is 5.11 Å². The largest absolute Gasteiger partial charge is 0.393 e. The molecule has 3 nitrogen and oxygen atoms in total. The molecule has 1 saturated heterocycles. The van der Waals surface area contributed by atoms with Crippen LogP contribution >= 0.6 is 31.9 Å². The molecule has 2 rings (SSSR count). The van der Waals surface area contributed by atoms with E-state index in [1.165, 1.54) is 0 Å². The van der Waals surface area contributed by atoms with Gasteiger partial charge in [-0.25, -0.2) is 4.98 Å². The van der Waals surface area contributed by atoms with Crippen LogP contribution < -0.4 is 4.90 Å². The van der Waals surface area contributed by atoms with E-state index >= 15 is 0 Å². The Hall–Kier alpha value is -0.130. The van der Waals surface area contributed by atoms with Crippen LogP contribution in [0.25, 0.3) is 0 Å². The van der Waals surface area contributed by atoms with Crippen LogP contribution in [0.2, 0.25) is 0 Å². The molecule has 1 aliphatic rings. The van der Waals surface area contributed by atoms with Crippen molar-refractivity contribution in [3.05, 3.63) is 21.3 Å². The first kappa shape index (κ1) is 11.4. The molecule has 1 aliphatic heterocycles. The highest BCUT2D eigenvalue weighted by molar-refractivity contribution is 9.13. The second-order valence-electron chi connectivity index (χ2n) is 3.65. The lowest BCUT2D eigenvalue weighted by atomic mass is 10.1. The molecule has 0 aliphatic carbocycles. The highest BCUT2D eigenvalue weighted by Crippen LogP contribution is 2.32. The van der Waals surface area contributed by atoms with Gasteiger partial charge in [0.15, 0.2) is 0 Å². The van der Waals surface area contributed by atoms with Crippen molar-refractivity contribution in [3.8, 4) is 0 Å². The van der Waals surface area contributed by atoms with E-state index in [9.17, 15) is 5.11 Å². The Kier molecular flexibility index (Phi) is 3.64. The van der Waals surface area contributed by atoms with Gasteiger partial charge in [-0.05, 0) is 50.8 Å². The molecule has 0 amide bonds. The van der Waals surface area contributed by atoms with E-state index in [2.05, 4.69) is 41.7 Å². The van der Waals surface area contributed by atoms with E-state index in [0.717, 1.165) is 40.7 Å². The fourth-order valence-electron chi connectivity index (χ4n) is 1.76. The highest BCUT2D eigenvalue weighted by Gasteiger charge is 2.19. The van der Waals surface area contributed by atoms with E-state index in [-0.39, 0.29) is 6.10 Å². The molecule has 1 fully saturated rings. The average Bonchev–Trinajstić information content (AvgIpc) is 2.24. The Morgan fingerprint density at radius 1 is 1.33 bits per heavy atom. The van der Waals surface area contributed by atoms with Gasteiger partial charge in [-0.1, -0.05) is 0 Å². The quantitative estimate of drug-likeness (QED) is 0.801. The minimum Gasteiger partial charge on any atom is -0.393 e. The van der Waals surface area contributed by atoms with E-state index in [1.54, 1.807) is 6.20 Å². The second kappa shape index (κ2) is 4.80. The number of pyridine rings is 1. The predicted molar refractivity (Wildman–Crippen MR) is 67.1 cm³/mol. The molecular weight excluding hydrogens is 324 g/mol. The molecule has 0 spiro atoms. The summed E-state index contributed by atoms with van der Waals surface area (Å²) in [7, 11) is 0. The Balaban J connectivity index is 2.19. The smallest absolute Gasteiger partial charge is 0.122 e. The summed E-state index contributed by atoms with van der Waals surface area (Å²) in [6, 6.07) is 1.99.